The number of hydrogen-bond donors (Lipinski definition) is 1. The first-order chi connectivity index (χ1) is 14.3. The second-order valence-corrected chi connectivity index (χ2v) is 7.18. The monoisotopic (exact) mass is 427 g/mol. The number of benzene rings is 2. The first kappa shape index (κ1) is 21.4. The number of aryl methyl sites for hydroxylation is 2. The lowest BCUT2D eigenvalue weighted by Gasteiger charge is -2.14. The number of halogens is 1. The first-order valence-corrected chi connectivity index (χ1v) is 9.57. The summed E-state index contributed by atoms with van der Waals surface area (Å²) in [4.78, 5) is 24.9. The van der Waals surface area contributed by atoms with Crippen molar-refractivity contribution in [3.05, 3.63) is 69.0 Å². The Bertz CT molecular complexity index is 1160. The molecule has 30 heavy (non-hydrogen) atoms. The maximum atomic E-state index is 12.6. The van der Waals surface area contributed by atoms with Gasteiger partial charge in [0.2, 0.25) is 5.91 Å². The van der Waals surface area contributed by atoms with Gasteiger partial charge in [-0.15, -0.1) is 0 Å². The van der Waals surface area contributed by atoms with E-state index in [9.17, 15) is 9.59 Å². The summed E-state index contributed by atoms with van der Waals surface area (Å²) >= 11 is 6.14. The van der Waals surface area contributed by atoms with Gasteiger partial charge in [0.15, 0.2) is 0 Å². The molecular formula is C22H22ClN3O4. The van der Waals surface area contributed by atoms with Crippen molar-refractivity contribution in [2.24, 2.45) is 0 Å². The second-order valence-electron chi connectivity index (χ2n) is 6.77. The van der Waals surface area contributed by atoms with Crippen LogP contribution in [-0.4, -0.2) is 29.9 Å². The van der Waals surface area contributed by atoms with E-state index in [1.54, 1.807) is 12.1 Å². The molecule has 1 amide bonds. The van der Waals surface area contributed by atoms with Gasteiger partial charge < -0.3 is 14.8 Å². The predicted molar refractivity (Wildman–Crippen MR) is 117 cm³/mol. The summed E-state index contributed by atoms with van der Waals surface area (Å²) in [5.74, 6) is 0.363. The van der Waals surface area contributed by atoms with Gasteiger partial charge in [-0.1, -0.05) is 29.3 Å². The first-order valence-electron chi connectivity index (χ1n) is 9.19. The molecule has 0 aliphatic rings. The maximum absolute atomic E-state index is 12.6. The molecule has 1 heterocycles. The predicted octanol–water partition coefficient (Wildman–Crippen LogP) is 3.84. The Hall–Kier alpha value is -3.32. The third kappa shape index (κ3) is 4.63. The molecule has 7 nitrogen and oxygen atoms in total. The molecule has 0 spiro atoms. The molecule has 2 aromatic carbocycles. The Morgan fingerprint density at radius 2 is 1.80 bits per heavy atom. The highest BCUT2D eigenvalue weighted by Gasteiger charge is 2.14. The average molecular weight is 428 g/mol. The van der Waals surface area contributed by atoms with E-state index in [1.165, 1.54) is 26.4 Å². The molecule has 0 aliphatic heterocycles. The van der Waals surface area contributed by atoms with Crippen LogP contribution >= 0.6 is 11.6 Å². The zero-order chi connectivity index (χ0) is 21.8. The number of rotatable bonds is 6. The van der Waals surface area contributed by atoms with Crippen LogP contribution in [0.3, 0.4) is 0 Å². The van der Waals surface area contributed by atoms with Gasteiger partial charge in [0.1, 0.15) is 18.0 Å². The van der Waals surface area contributed by atoms with Crippen LogP contribution in [0.1, 0.15) is 11.1 Å². The minimum Gasteiger partial charge on any atom is -0.495 e. The minimum atomic E-state index is -0.442. The summed E-state index contributed by atoms with van der Waals surface area (Å²) in [5, 5.41) is 7.41. The lowest BCUT2D eigenvalue weighted by molar-refractivity contribution is -0.117. The Labute approximate surface area is 179 Å². The topological polar surface area (TPSA) is 82.4 Å². The molecule has 0 unspecified atom stereocenters. The van der Waals surface area contributed by atoms with Gasteiger partial charge in [-0.3, -0.25) is 9.59 Å². The van der Waals surface area contributed by atoms with Crippen molar-refractivity contribution in [3.63, 3.8) is 0 Å². The van der Waals surface area contributed by atoms with E-state index in [0.29, 0.717) is 27.9 Å². The fourth-order valence-electron chi connectivity index (χ4n) is 3.00. The Morgan fingerprint density at radius 3 is 2.50 bits per heavy atom. The second kappa shape index (κ2) is 9.00. The molecule has 0 saturated heterocycles. The number of nitrogens with one attached hydrogen (secondary N) is 1. The molecule has 8 heteroatoms. The summed E-state index contributed by atoms with van der Waals surface area (Å²) in [6.07, 6.45) is 0. The molecule has 0 aliphatic carbocycles. The van der Waals surface area contributed by atoms with Gasteiger partial charge in [0, 0.05) is 17.7 Å². The van der Waals surface area contributed by atoms with Gasteiger partial charge in [-0.05, 0) is 37.6 Å². The quantitative estimate of drug-likeness (QED) is 0.646. The number of aromatic nitrogens is 2. The maximum Gasteiger partial charge on any atom is 0.267 e. The molecule has 0 fully saturated rings. The zero-order valence-electron chi connectivity index (χ0n) is 17.2. The molecule has 0 atom stereocenters. The molecular weight excluding hydrogens is 406 g/mol. The van der Waals surface area contributed by atoms with Crippen molar-refractivity contribution in [1.82, 2.24) is 9.78 Å². The van der Waals surface area contributed by atoms with Crippen LogP contribution in [-0.2, 0) is 11.3 Å². The highest BCUT2D eigenvalue weighted by atomic mass is 35.5. The molecule has 0 radical (unpaired) electrons. The molecule has 0 bridgehead atoms. The summed E-state index contributed by atoms with van der Waals surface area (Å²) < 4.78 is 11.6. The van der Waals surface area contributed by atoms with Crippen LogP contribution in [0.15, 0.2) is 47.3 Å². The van der Waals surface area contributed by atoms with Crippen molar-refractivity contribution in [2.75, 3.05) is 19.5 Å². The van der Waals surface area contributed by atoms with Gasteiger partial charge in [0.25, 0.3) is 5.56 Å². The van der Waals surface area contributed by atoms with Gasteiger partial charge in [-0.25, -0.2) is 4.68 Å². The minimum absolute atomic E-state index is 0.260. The van der Waals surface area contributed by atoms with E-state index in [4.69, 9.17) is 21.1 Å². The van der Waals surface area contributed by atoms with Crippen LogP contribution in [0, 0.1) is 13.8 Å². The summed E-state index contributed by atoms with van der Waals surface area (Å²) in [6.45, 7) is 3.70. The lowest BCUT2D eigenvalue weighted by Crippen LogP contribution is -2.29. The average Bonchev–Trinajstić information content (AvgIpc) is 2.71. The van der Waals surface area contributed by atoms with Crippen LogP contribution in [0.5, 0.6) is 11.5 Å². The van der Waals surface area contributed by atoms with Crippen molar-refractivity contribution in [2.45, 2.75) is 20.4 Å². The Morgan fingerprint density at radius 1 is 1.07 bits per heavy atom. The van der Waals surface area contributed by atoms with Crippen molar-refractivity contribution in [1.29, 1.82) is 0 Å². The standard InChI is InChI=1S/C22H22ClN3O4/c1-13-5-6-14(2)15(9-13)17-7-8-22(28)26(25-17)12-21(27)24-18-10-16(23)19(29-3)11-20(18)30-4/h5-11H,12H2,1-4H3,(H,24,27). The number of methoxy groups -OCH3 is 2. The SMILES string of the molecule is COc1cc(OC)c(NC(=O)Cn2nc(-c3cc(C)ccc3C)ccc2=O)cc1Cl. The van der Waals surface area contributed by atoms with Crippen molar-refractivity contribution >= 4 is 23.2 Å². The Balaban J connectivity index is 1.86. The molecule has 3 rings (SSSR count). The van der Waals surface area contributed by atoms with E-state index >= 15 is 0 Å². The third-order valence-electron chi connectivity index (χ3n) is 4.58. The van der Waals surface area contributed by atoms with Gasteiger partial charge >= 0.3 is 0 Å². The smallest absolute Gasteiger partial charge is 0.267 e. The lowest BCUT2D eigenvalue weighted by atomic mass is 10.0. The van der Waals surface area contributed by atoms with Crippen LogP contribution < -0.4 is 20.3 Å². The van der Waals surface area contributed by atoms with E-state index in [2.05, 4.69) is 10.4 Å². The normalized spacial score (nSPS) is 10.6. The fourth-order valence-corrected chi connectivity index (χ4v) is 3.24. The van der Waals surface area contributed by atoms with Gasteiger partial charge in [-0.2, -0.15) is 5.10 Å². The highest BCUT2D eigenvalue weighted by Crippen LogP contribution is 2.35. The molecule has 0 saturated carbocycles. The molecule has 1 aromatic heterocycles. The number of nitrogens with zero attached hydrogens (tertiary/aromatic N) is 2. The van der Waals surface area contributed by atoms with E-state index < -0.39 is 5.91 Å². The number of carbonyl (C=O) groups is 1. The molecule has 156 valence electrons. The van der Waals surface area contributed by atoms with Crippen molar-refractivity contribution in [3.8, 4) is 22.8 Å². The van der Waals surface area contributed by atoms with Crippen molar-refractivity contribution < 1.29 is 14.3 Å². The molecule has 1 N–H and O–H groups in total. The summed E-state index contributed by atoms with van der Waals surface area (Å²) in [6, 6.07) is 12.2. The van der Waals surface area contributed by atoms with Crippen LogP contribution in [0.2, 0.25) is 5.02 Å². The number of anilines is 1. The third-order valence-corrected chi connectivity index (χ3v) is 4.87. The number of carbonyl (C=O) groups excluding carboxylic acids is 1. The van der Waals surface area contributed by atoms with Crippen LogP contribution in [0.4, 0.5) is 5.69 Å². The van der Waals surface area contributed by atoms with E-state index in [-0.39, 0.29) is 12.1 Å². The number of amides is 1. The largest absolute Gasteiger partial charge is 0.495 e. The van der Waals surface area contributed by atoms with Gasteiger partial charge in [0.05, 0.1) is 30.6 Å². The zero-order valence-corrected chi connectivity index (χ0v) is 17.9. The molecule has 3 aromatic rings. The summed E-state index contributed by atoms with van der Waals surface area (Å²) in [7, 11) is 2.96. The number of hydrogen-bond acceptors (Lipinski definition) is 5. The highest BCUT2D eigenvalue weighted by molar-refractivity contribution is 6.32. The Kier molecular flexibility index (Phi) is 6.42. The fraction of sp³-hybridized carbons (Fsp3) is 0.227. The van der Waals surface area contributed by atoms with Crippen LogP contribution in [0.25, 0.3) is 11.3 Å². The number of ether oxygens (including phenoxy) is 2. The van der Waals surface area contributed by atoms with E-state index in [0.717, 1.165) is 21.4 Å². The summed E-state index contributed by atoms with van der Waals surface area (Å²) in [5.41, 5.74) is 3.63. The van der Waals surface area contributed by atoms with E-state index in [1.807, 2.05) is 32.0 Å².